The average Bonchev–Trinajstić information content (AvgIpc) is 2.47. The second-order valence-corrected chi connectivity index (χ2v) is 6.68. The molecule has 2 unspecified atom stereocenters. The summed E-state index contributed by atoms with van der Waals surface area (Å²) in [5.74, 6) is 1.30. The van der Waals surface area contributed by atoms with E-state index >= 15 is 0 Å². The van der Waals surface area contributed by atoms with Crippen molar-refractivity contribution in [3.8, 4) is 5.75 Å². The highest BCUT2D eigenvalue weighted by Gasteiger charge is 2.22. The van der Waals surface area contributed by atoms with Crippen LogP contribution in [0.5, 0.6) is 5.75 Å². The van der Waals surface area contributed by atoms with Crippen LogP contribution in [0.1, 0.15) is 32.3 Å². The Hall–Kier alpha value is -1.10. The van der Waals surface area contributed by atoms with Gasteiger partial charge in [-0.1, -0.05) is 12.1 Å². The molecule has 22 heavy (non-hydrogen) atoms. The third kappa shape index (κ3) is 5.59. The Bertz CT molecular complexity index is 444. The summed E-state index contributed by atoms with van der Waals surface area (Å²) in [6.45, 7) is 7.63. The second kappa shape index (κ2) is 8.51. The molecule has 1 heterocycles. The Kier molecular flexibility index (Phi) is 6.68. The Morgan fingerprint density at radius 3 is 2.91 bits per heavy atom. The number of nitrogens with one attached hydrogen (secondary N) is 1. The number of likely N-dealkylation sites (N-methyl/N-ethyl adjacent to an activating group) is 1. The number of hydrogen-bond donors (Lipinski definition) is 2. The van der Waals surface area contributed by atoms with E-state index in [1.807, 2.05) is 26.0 Å². The van der Waals surface area contributed by atoms with Crippen LogP contribution in [0.3, 0.4) is 0 Å². The molecular formula is C18H30N2O2. The summed E-state index contributed by atoms with van der Waals surface area (Å²) in [5, 5.41) is 13.8. The van der Waals surface area contributed by atoms with Crippen molar-refractivity contribution in [2.45, 2.75) is 45.4 Å². The maximum atomic E-state index is 10.4. The Morgan fingerprint density at radius 2 is 2.23 bits per heavy atom. The van der Waals surface area contributed by atoms with Crippen molar-refractivity contribution in [2.24, 2.45) is 5.92 Å². The zero-order chi connectivity index (χ0) is 15.9. The standard InChI is InChI=1S/C18H30N2O2/c1-14(2)22-17-8-4-6-15(10-17)12-20(3)13-18(21)16-7-5-9-19-11-16/h4,6,8,10,14,16,18-19,21H,5,7,9,11-13H2,1-3H3. The molecule has 0 spiro atoms. The first-order valence-corrected chi connectivity index (χ1v) is 8.37. The van der Waals surface area contributed by atoms with Crippen LogP contribution in [0.15, 0.2) is 24.3 Å². The van der Waals surface area contributed by atoms with E-state index in [0.29, 0.717) is 12.5 Å². The zero-order valence-electron chi connectivity index (χ0n) is 14.1. The molecule has 1 aliphatic heterocycles. The van der Waals surface area contributed by atoms with Crippen LogP contribution < -0.4 is 10.1 Å². The number of ether oxygens (including phenoxy) is 1. The van der Waals surface area contributed by atoms with E-state index in [1.165, 1.54) is 12.0 Å². The number of hydrogen-bond acceptors (Lipinski definition) is 4. The fourth-order valence-corrected chi connectivity index (χ4v) is 3.04. The lowest BCUT2D eigenvalue weighted by molar-refractivity contribution is 0.0588. The van der Waals surface area contributed by atoms with E-state index in [1.54, 1.807) is 0 Å². The first-order chi connectivity index (χ1) is 10.5. The van der Waals surface area contributed by atoms with Crippen LogP contribution in [0.4, 0.5) is 0 Å². The normalized spacial score (nSPS) is 20.4. The molecule has 1 saturated heterocycles. The van der Waals surface area contributed by atoms with E-state index < -0.39 is 0 Å². The molecule has 1 fully saturated rings. The van der Waals surface area contributed by atoms with Gasteiger partial charge in [0.05, 0.1) is 12.2 Å². The SMILES string of the molecule is CC(C)Oc1cccc(CN(C)CC(O)C2CCCNC2)c1. The van der Waals surface area contributed by atoms with Crippen LogP contribution in [0, 0.1) is 5.92 Å². The summed E-state index contributed by atoms with van der Waals surface area (Å²) in [6, 6.07) is 8.22. The number of nitrogens with zero attached hydrogens (tertiary/aromatic N) is 1. The molecule has 1 aromatic carbocycles. The number of benzene rings is 1. The van der Waals surface area contributed by atoms with Gasteiger partial charge in [0, 0.05) is 19.6 Å². The highest BCUT2D eigenvalue weighted by Crippen LogP contribution is 2.18. The van der Waals surface area contributed by atoms with Gasteiger partial charge >= 0.3 is 0 Å². The van der Waals surface area contributed by atoms with Crippen molar-refractivity contribution in [1.82, 2.24) is 10.2 Å². The minimum Gasteiger partial charge on any atom is -0.491 e. The molecular weight excluding hydrogens is 276 g/mol. The lowest BCUT2D eigenvalue weighted by atomic mass is 9.93. The van der Waals surface area contributed by atoms with Crippen LogP contribution in [0.2, 0.25) is 0 Å². The molecule has 124 valence electrons. The van der Waals surface area contributed by atoms with Gasteiger partial charge in [-0.25, -0.2) is 0 Å². The second-order valence-electron chi connectivity index (χ2n) is 6.68. The molecule has 4 heteroatoms. The minimum atomic E-state index is -0.257. The zero-order valence-corrected chi connectivity index (χ0v) is 14.1. The molecule has 1 aliphatic rings. The van der Waals surface area contributed by atoms with Crippen LogP contribution in [0.25, 0.3) is 0 Å². The monoisotopic (exact) mass is 306 g/mol. The van der Waals surface area contributed by atoms with Crippen LogP contribution >= 0.6 is 0 Å². The van der Waals surface area contributed by atoms with E-state index in [9.17, 15) is 5.11 Å². The van der Waals surface area contributed by atoms with E-state index in [0.717, 1.165) is 31.8 Å². The molecule has 0 bridgehead atoms. The van der Waals surface area contributed by atoms with Gasteiger partial charge in [-0.05, 0) is 63.9 Å². The van der Waals surface area contributed by atoms with Gasteiger partial charge in [0.15, 0.2) is 0 Å². The van der Waals surface area contributed by atoms with Crippen molar-refractivity contribution in [3.05, 3.63) is 29.8 Å². The topological polar surface area (TPSA) is 44.7 Å². The molecule has 4 nitrogen and oxygen atoms in total. The lowest BCUT2D eigenvalue weighted by Gasteiger charge is -2.30. The number of rotatable bonds is 7. The van der Waals surface area contributed by atoms with Gasteiger partial charge in [0.25, 0.3) is 0 Å². The van der Waals surface area contributed by atoms with Crippen molar-refractivity contribution in [1.29, 1.82) is 0 Å². The van der Waals surface area contributed by atoms with Crippen molar-refractivity contribution < 1.29 is 9.84 Å². The van der Waals surface area contributed by atoms with Gasteiger partial charge in [0.1, 0.15) is 5.75 Å². The van der Waals surface area contributed by atoms with E-state index in [-0.39, 0.29) is 12.2 Å². The molecule has 1 aromatic rings. The smallest absolute Gasteiger partial charge is 0.120 e. The summed E-state index contributed by atoms with van der Waals surface area (Å²) in [6.07, 6.45) is 2.22. The molecule has 0 amide bonds. The third-order valence-corrected chi connectivity index (χ3v) is 4.10. The lowest BCUT2D eigenvalue weighted by Crippen LogP contribution is -2.41. The molecule has 0 radical (unpaired) electrons. The van der Waals surface area contributed by atoms with Crippen LogP contribution in [-0.2, 0) is 6.54 Å². The maximum absolute atomic E-state index is 10.4. The predicted molar refractivity (Wildman–Crippen MR) is 90.1 cm³/mol. The van der Waals surface area contributed by atoms with Crippen LogP contribution in [-0.4, -0.2) is 48.9 Å². The average molecular weight is 306 g/mol. The third-order valence-electron chi connectivity index (χ3n) is 4.10. The Labute approximate surface area is 134 Å². The first kappa shape index (κ1) is 17.3. The summed E-state index contributed by atoms with van der Waals surface area (Å²) in [7, 11) is 2.06. The van der Waals surface area contributed by atoms with Gasteiger partial charge in [-0.15, -0.1) is 0 Å². The van der Waals surface area contributed by atoms with Crippen molar-refractivity contribution in [3.63, 3.8) is 0 Å². The quantitative estimate of drug-likeness (QED) is 0.811. The molecule has 0 saturated carbocycles. The molecule has 2 N–H and O–H groups in total. The maximum Gasteiger partial charge on any atom is 0.120 e. The molecule has 0 aliphatic carbocycles. The Morgan fingerprint density at radius 1 is 1.41 bits per heavy atom. The van der Waals surface area contributed by atoms with E-state index in [4.69, 9.17) is 4.74 Å². The van der Waals surface area contributed by atoms with Gasteiger partial charge in [-0.2, -0.15) is 0 Å². The van der Waals surface area contributed by atoms with Gasteiger partial charge in [-0.3, -0.25) is 4.90 Å². The van der Waals surface area contributed by atoms with Crippen molar-refractivity contribution in [2.75, 3.05) is 26.7 Å². The van der Waals surface area contributed by atoms with Crippen molar-refractivity contribution >= 4 is 0 Å². The molecule has 2 rings (SSSR count). The largest absolute Gasteiger partial charge is 0.491 e. The van der Waals surface area contributed by atoms with Gasteiger partial charge in [0.2, 0.25) is 0 Å². The fourth-order valence-electron chi connectivity index (χ4n) is 3.04. The predicted octanol–water partition coefficient (Wildman–Crippen LogP) is 2.27. The number of aliphatic hydroxyl groups is 1. The summed E-state index contributed by atoms with van der Waals surface area (Å²) < 4.78 is 5.74. The molecule has 2 atom stereocenters. The first-order valence-electron chi connectivity index (χ1n) is 8.37. The minimum absolute atomic E-state index is 0.189. The fraction of sp³-hybridized carbons (Fsp3) is 0.667. The Balaban J connectivity index is 1.84. The summed E-state index contributed by atoms with van der Waals surface area (Å²) in [4.78, 5) is 2.19. The highest BCUT2D eigenvalue weighted by molar-refractivity contribution is 5.28. The summed E-state index contributed by atoms with van der Waals surface area (Å²) in [5.41, 5.74) is 1.22. The molecule has 0 aromatic heterocycles. The number of aliphatic hydroxyl groups excluding tert-OH is 1. The van der Waals surface area contributed by atoms with E-state index in [2.05, 4.69) is 29.4 Å². The number of piperidine rings is 1. The summed E-state index contributed by atoms with van der Waals surface area (Å²) >= 11 is 0. The highest BCUT2D eigenvalue weighted by atomic mass is 16.5. The van der Waals surface area contributed by atoms with Gasteiger partial charge < -0.3 is 15.2 Å².